The smallest absolute Gasteiger partial charge is 0.246 e. The van der Waals surface area contributed by atoms with Crippen molar-refractivity contribution in [3.8, 4) is 0 Å². The maximum atomic E-state index is 13.6. The van der Waals surface area contributed by atoms with Gasteiger partial charge in [-0.05, 0) is 44.7 Å². The van der Waals surface area contributed by atoms with Gasteiger partial charge in [0.15, 0.2) is 5.82 Å². The van der Waals surface area contributed by atoms with Crippen LogP contribution in [0.15, 0.2) is 4.52 Å². The van der Waals surface area contributed by atoms with Crippen molar-refractivity contribution in [2.24, 2.45) is 11.3 Å². The molecule has 3 atom stereocenters. The summed E-state index contributed by atoms with van der Waals surface area (Å²) in [6, 6.07) is 0.572. The van der Waals surface area contributed by atoms with Crippen LogP contribution in [0.4, 0.5) is 0 Å². The Hall–Kier alpha value is -1.55. The summed E-state index contributed by atoms with van der Waals surface area (Å²) in [6.45, 7) is 9.61. The van der Waals surface area contributed by atoms with Gasteiger partial charge in [-0.15, -0.1) is 0 Å². The number of morpholine rings is 1. The lowest BCUT2D eigenvalue weighted by Gasteiger charge is -2.53. The summed E-state index contributed by atoms with van der Waals surface area (Å²) < 4.78 is 15.9. The molecule has 1 saturated carbocycles. The third-order valence-electron chi connectivity index (χ3n) is 7.46. The average Bonchev–Trinajstić information content (AvgIpc) is 3.28. The number of carbonyl (C=O) groups excluding carboxylic acids is 1. The first-order valence-electron chi connectivity index (χ1n) is 11.8. The summed E-state index contributed by atoms with van der Waals surface area (Å²) in [5.74, 6) is 1.63. The Morgan fingerprint density at radius 1 is 1.29 bits per heavy atom. The quantitative estimate of drug-likeness (QED) is 0.649. The van der Waals surface area contributed by atoms with Gasteiger partial charge in [0.1, 0.15) is 0 Å². The SMILES string of the molecule is CCN1CC[C@@H]2C[C@@H](N3CCOCC3)CC[C@@]2(C(=O)NCc2nc(CCOC)no2)C1. The highest BCUT2D eigenvalue weighted by atomic mass is 16.5. The number of amides is 1. The van der Waals surface area contributed by atoms with Gasteiger partial charge < -0.3 is 24.2 Å². The minimum atomic E-state index is -0.323. The van der Waals surface area contributed by atoms with E-state index in [-0.39, 0.29) is 17.9 Å². The number of likely N-dealkylation sites (tertiary alicyclic amines) is 1. The molecule has 1 N–H and O–H groups in total. The predicted molar refractivity (Wildman–Crippen MR) is 114 cm³/mol. The largest absolute Gasteiger partial charge is 0.384 e. The third kappa shape index (κ3) is 5.10. The molecule has 2 aliphatic heterocycles. The molecule has 1 aliphatic carbocycles. The molecule has 3 fully saturated rings. The number of hydrogen-bond acceptors (Lipinski definition) is 8. The van der Waals surface area contributed by atoms with E-state index in [0.717, 1.165) is 71.6 Å². The fourth-order valence-corrected chi connectivity index (χ4v) is 5.62. The van der Waals surface area contributed by atoms with E-state index in [1.54, 1.807) is 7.11 Å². The average molecular weight is 436 g/mol. The van der Waals surface area contributed by atoms with Crippen LogP contribution in [0, 0.1) is 11.3 Å². The first-order valence-corrected chi connectivity index (χ1v) is 11.8. The zero-order valence-electron chi connectivity index (χ0n) is 19.0. The van der Waals surface area contributed by atoms with Gasteiger partial charge >= 0.3 is 0 Å². The summed E-state index contributed by atoms with van der Waals surface area (Å²) in [5, 5.41) is 7.11. The molecule has 31 heavy (non-hydrogen) atoms. The van der Waals surface area contributed by atoms with Crippen LogP contribution in [-0.4, -0.2) is 91.5 Å². The number of fused-ring (bicyclic) bond motifs is 1. The van der Waals surface area contributed by atoms with E-state index in [2.05, 4.69) is 32.2 Å². The van der Waals surface area contributed by atoms with Crippen molar-refractivity contribution >= 4 is 5.91 Å². The van der Waals surface area contributed by atoms with E-state index in [4.69, 9.17) is 14.0 Å². The molecular weight excluding hydrogens is 398 g/mol. The van der Waals surface area contributed by atoms with Crippen molar-refractivity contribution in [1.29, 1.82) is 0 Å². The Balaban J connectivity index is 1.41. The number of nitrogens with one attached hydrogen (secondary N) is 1. The predicted octanol–water partition coefficient (Wildman–Crippen LogP) is 1.09. The molecule has 0 aromatic carbocycles. The molecular formula is C22H37N5O4. The number of nitrogens with zero attached hydrogens (tertiary/aromatic N) is 4. The van der Waals surface area contributed by atoms with Crippen LogP contribution in [0.2, 0.25) is 0 Å². The summed E-state index contributed by atoms with van der Waals surface area (Å²) in [6.07, 6.45) is 4.80. The fraction of sp³-hybridized carbons (Fsp3) is 0.864. The van der Waals surface area contributed by atoms with Crippen molar-refractivity contribution in [3.05, 3.63) is 11.7 Å². The van der Waals surface area contributed by atoms with E-state index in [1.807, 2.05) is 0 Å². The van der Waals surface area contributed by atoms with Gasteiger partial charge in [-0.3, -0.25) is 9.69 Å². The number of carbonyl (C=O) groups is 1. The Labute approximate surface area is 184 Å². The van der Waals surface area contributed by atoms with Gasteiger partial charge in [0.05, 0.1) is 31.8 Å². The van der Waals surface area contributed by atoms with Crippen molar-refractivity contribution in [2.75, 3.05) is 59.7 Å². The number of aromatic nitrogens is 2. The third-order valence-corrected chi connectivity index (χ3v) is 7.46. The maximum absolute atomic E-state index is 13.6. The summed E-state index contributed by atoms with van der Waals surface area (Å²) in [7, 11) is 1.65. The highest BCUT2D eigenvalue weighted by molar-refractivity contribution is 5.83. The Bertz CT molecular complexity index is 723. The molecule has 1 amide bonds. The Kier molecular flexibility index (Phi) is 7.58. The van der Waals surface area contributed by atoms with Crippen molar-refractivity contribution in [2.45, 2.75) is 51.6 Å². The van der Waals surface area contributed by atoms with Gasteiger partial charge in [0.25, 0.3) is 0 Å². The van der Waals surface area contributed by atoms with Gasteiger partial charge in [0, 0.05) is 39.2 Å². The van der Waals surface area contributed by atoms with Crippen LogP contribution in [0.1, 0.15) is 44.3 Å². The van der Waals surface area contributed by atoms with Crippen molar-refractivity contribution < 1.29 is 18.8 Å². The lowest BCUT2D eigenvalue weighted by Crippen LogP contribution is -2.60. The molecule has 1 aromatic heterocycles. The highest BCUT2D eigenvalue weighted by Gasteiger charge is 2.52. The number of piperidine rings is 1. The number of hydrogen-bond donors (Lipinski definition) is 1. The summed E-state index contributed by atoms with van der Waals surface area (Å²) in [5.41, 5.74) is -0.323. The first-order chi connectivity index (χ1) is 15.1. The van der Waals surface area contributed by atoms with Crippen LogP contribution in [0.25, 0.3) is 0 Å². The minimum Gasteiger partial charge on any atom is -0.384 e. The van der Waals surface area contributed by atoms with E-state index < -0.39 is 0 Å². The maximum Gasteiger partial charge on any atom is 0.246 e. The standard InChI is InChI=1S/C22H37N5O4/c1-3-26-8-5-17-14-18(27-9-12-30-13-10-27)4-7-22(17,16-26)21(28)23-15-20-24-19(25-31-20)6-11-29-2/h17-18H,3-16H2,1-2H3,(H,23,28)/t17-,18+,22-/m1/s1. The highest BCUT2D eigenvalue weighted by Crippen LogP contribution is 2.47. The lowest BCUT2D eigenvalue weighted by atomic mass is 9.61. The second-order valence-corrected chi connectivity index (χ2v) is 9.12. The molecule has 3 aliphatic rings. The Morgan fingerprint density at radius 3 is 2.90 bits per heavy atom. The van der Waals surface area contributed by atoms with Gasteiger partial charge in [-0.25, -0.2) is 0 Å². The number of rotatable bonds is 8. The van der Waals surface area contributed by atoms with Crippen LogP contribution in [0.5, 0.6) is 0 Å². The van der Waals surface area contributed by atoms with Gasteiger partial charge in [-0.1, -0.05) is 12.1 Å². The second-order valence-electron chi connectivity index (χ2n) is 9.12. The normalized spacial score (nSPS) is 30.1. The Morgan fingerprint density at radius 2 is 2.13 bits per heavy atom. The molecule has 0 radical (unpaired) electrons. The molecule has 0 spiro atoms. The van der Waals surface area contributed by atoms with E-state index >= 15 is 0 Å². The van der Waals surface area contributed by atoms with E-state index in [0.29, 0.717) is 36.7 Å². The van der Waals surface area contributed by atoms with Gasteiger partial charge in [-0.2, -0.15) is 4.98 Å². The van der Waals surface area contributed by atoms with E-state index in [9.17, 15) is 4.79 Å². The van der Waals surface area contributed by atoms with Crippen LogP contribution < -0.4 is 5.32 Å². The number of methoxy groups -OCH3 is 1. The monoisotopic (exact) mass is 435 g/mol. The molecule has 3 heterocycles. The molecule has 0 bridgehead atoms. The summed E-state index contributed by atoms with van der Waals surface area (Å²) in [4.78, 5) is 23.0. The molecule has 9 heteroatoms. The zero-order valence-corrected chi connectivity index (χ0v) is 19.0. The number of ether oxygens (including phenoxy) is 2. The van der Waals surface area contributed by atoms with Gasteiger partial charge in [0.2, 0.25) is 11.8 Å². The topological polar surface area (TPSA) is 93.0 Å². The second kappa shape index (κ2) is 10.4. The molecule has 0 unspecified atom stereocenters. The van der Waals surface area contributed by atoms with Crippen molar-refractivity contribution in [3.63, 3.8) is 0 Å². The molecule has 9 nitrogen and oxygen atoms in total. The first kappa shape index (κ1) is 22.6. The van der Waals surface area contributed by atoms with Crippen LogP contribution >= 0.6 is 0 Å². The summed E-state index contributed by atoms with van der Waals surface area (Å²) >= 11 is 0. The minimum absolute atomic E-state index is 0.146. The molecule has 4 rings (SSSR count). The fourth-order valence-electron chi connectivity index (χ4n) is 5.62. The van der Waals surface area contributed by atoms with Crippen LogP contribution in [-0.2, 0) is 27.2 Å². The van der Waals surface area contributed by atoms with Crippen molar-refractivity contribution in [1.82, 2.24) is 25.3 Å². The molecule has 174 valence electrons. The van der Waals surface area contributed by atoms with E-state index in [1.165, 1.54) is 0 Å². The molecule has 1 aromatic rings. The lowest BCUT2D eigenvalue weighted by molar-refractivity contribution is -0.145. The van der Waals surface area contributed by atoms with Crippen LogP contribution in [0.3, 0.4) is 0 Å². The molecule has 2 saturated heterocycles. The zero-order chi connectivity index (χ0) is 21.7.